The summed E-state index contributed by atoms with van der Waals surface area (Å²) in [6.07, 6.45) is 2.48. The third kappa shape index (κ3) is 9.10. The largest absolute Gasteiger partial charge is 0.453 e. The molecule has 3 aromatic carbocycles. The number of aromatic nitrogens is 1. The van der Waals surface area contributed by atoms with Crippen LogP contribution in [0.25, 0.3) is 0 Å². The molecule has 4 aromatic rings. The van der Waals surface area contributed by atoms with Crippen molar-refractivity contribution in [2.75, 3.05) is 24.7 Å². The Bertz CT molecular complexity index is 1520. The molecule has 2 heterocycles. The van der Waals surface area contributed by atoms with Gasteiger partial charge in [-0.2, -0.15) is 0 Å². The van der Waals surface area contributed by atoms with E-state index in [0.29, 0.717) is 17.1 Å². The summed E-state index contributed by atoms with van der Waals surface area (Å²) in [4.78, 5) is 31.0. The van der Waals surface area contributed by atoms with Crippen molar-refractivity contribution in [2.45, 2.75) is 55.0 Å². The van der Waals surface area contributed by atoms with Crippen LogP contribution in [0, 0.1) is 0 Å². The normalized spacial score (nSPS) is 18.5. The van der Waals surface area contributed by atoms with Crippen molar-refractivity contribution in [2.24, 2.45) is 0 Å². The third-order valence-electron chi connectivity index (χ3n) is 8.09. The minimum absolute atomic E-state index is 0.0121. The molecule has 0 saturated carbocycles. The number of hydrogen-bond donors (Lipinski definition) is 3. The lowest BCUT2D eigenvalue weighted by molar-refractivity contribution is -0.118. The zero-order valence-electron chi connectivity index (χ0n) is 25.9. The number of pyridine rings is 1. The number of para-hydroxylation sites is 1. The van der Waals surface area contributed by atoms with E-state index in [4.69, 9.17) is 21.1 Å². The number of methoxy groups -OCH3 is 1. The molecule has 2 amide bonds. The number of carbonyl (C=O) groups excluding carboxylic acids is 2. The molecule has 1 fully saturated rings. The summed E-state index contributed by atoms with van der Waals surface area (Å²) in [5.41, 5.74) is 3.48. The van der Waals surface area contributed by atoms with E-state index < -0.39 is 18.1 Å². The van der Waals surface area contributed by atoms with Crippen molar-refractivity contribution in [1.29, 1.82) is 0 Å². The van der Waals surface area contributed by atoms with Crippen LogP contribution >= 0.6 is 23.4 Å². The Kier molecular flexibility index (Phi) is 12.1. The summed E-state index contributed by atoms with van der Waals surface area (Å²) >= 11 is 7.63. The highest BCUT2D eigenvalue weighted by atomic mass is 35.5. The monoisotopic (exact) mass is 658 g/mol. The van der Waals surface area contributed by atoms with E-state index in [1.165, 1.54) is 7.11 Å². The van der Waals surface area contributed by atoms with Crippen LogP contribution in [0.4, 0.5) is 10.5 Å². The number of nitrogens with one attached hydrogen (secondary N) is 3. The molecule has 1 aromatic heterocycles. The second-order valence-corrected chi connectivity index (χ2v) is 12.7. The van der Waals surface area contributed by atoms with Gasteiger partial charge in [0.25, 0.3) is 0 Å². The number of hydrogen-bond acceptors (Lipinski definition) is 7. The number of rotatable bonds is 12. The summed E-state index contributed by atoms with van der Waals surface area (Å²) in [6, 6.07) is 30.2. The average Bonchev–Trinajstić information content (AvgIpc) is 3.09. The predicted octanol–water partition coefficient (Wildman–Crippen LogP) is 6.70. The fourth-order valence-corrected chi connectivity index (χ4v) is 6.71. The number of aryl methyl sites for hydroxylation is 1. The Morgan fingerprint density at radius 2 is 1.67 bits per heavy atom. The van der Waals surface area contributed by atoms with Crippen LogP contribution in [0.2, 0.25) is 5.02 Å². The van der Waals surface area contributed by atoms with E-state index in [2.05, 4.69) is 27.9 Å². The van der Waals surface area contributed by atoms with Gasteiger partial charge >= 0.3 is 6.09 Å². The van der Waals surface area contributed by atoms with Crippen molar-refractivity contribution >= 4 is 41.1 Å². The molecular formula is C36H39ClN4O4S. The van der Waals surface area contributed by atoms with E-state index in [0.717, 1.165) is 40.4 Å². The smallest absolute Gasteiger partial charge is 0.407 e. The second-order valence-electron chi connectivity index (χ2n) is 11.2. The molecule has 1 unspecified atom stereocenters. The van der Waals surface area contributed by atoms with E-state index in [1.807, 2.05) is 97.1 Å². The molecule has 1 aliphatic rings. The van der Waals surface area contributed by atoms with Gasteiger partial charge in [0, 0.05) is 36.1 Å². The molecule has 1 aliphatic heterocycles. The first-order valence-corrected chi connectivity index (χ1v) is 16.7. The Labute approximate surface area is 279 Å². The van der Waals surface area contributed by atoms with Gasteiger partial charge in [-0.15, -0.1) is 11.8 Å². The number of nitrogens with zero attached hydrogens (tertiary/aromatic N) is 1. The van der Waals surface area contributed by atoms with Gasteiger partial charge in [-0.05, 0) is 54.7 Å². The number of alkyl carbamates (subject to hydrolysis) is 1. The lowest BCUT2D eigenvalue weighted by Gasteiger charge is -2.36. The van der Waals surface area contributed by atoms with Gasteiger partial charge in [-0.1, -0.05) is 90.5 Å². The number of thioether (sulfide) groups is 1. The van der Waals surface area contributed by atoms with Crippen LogP contribution in [-0.4, -0.2) is 60.7 Å². The Morgan fingerprint density at radius 1 is 1.00 bits per heavy atom. The fourth-order valence-electron chi connectivity index (χ4n) is 5.60. The number of amides is 2. The molecular weight excluding hydrogens is 620 g/mol. The van der Waals surface area contributed by atoms with Crippen LogP contribution in [-0.2, 0) is 20.7 Å². The molecule has 0 radical (unpaired) electrons. The molecule has 0 aliphatic carbocycles. The molecule has 10 heteroatoms. The molecule has 0 bridgehead atoms. The SMILES string of the molecule is COC(=O)NC(C(=O)Nc1ccccc1CC[C@@H]1CN[C@H](C)[C@@H](CSc2ccc(Cl)cn2)O1)C(c1ccccc1)c1ccccc1. The van der Waals surface area contributed by atoms with Crippen molar-refractivity contribution < 1.29 is 19.1 Å². The van der Waals surface area contributed by atoms with Gasteiger partial charge in [0.05, 0.1) is 29.4 Å². The van der Waals surface area contributed by atoms with Crippen molar-refractivity contribution in [3.05, 3.63) is 125 Å². The van der Waals surface area contributed by atoms with E-state index >= 15 is 0 Å². The molecule has 5 rings (SSSR count). The summed E-state index contributed by atoms with van der Waals surface area (Å²) < 4.78 is 11.5. The highest BCUT2D eigenvalue weighted by molar-refractivity contribution is 7.99. The maximum Gasteiger partial charge on any atom is 0.407 e. The summed E-state index contributed by atoms with van der Waals surface area (Å²) in [5.74, 6) is -0.0204. The minimum Gasteiger partial charge on any atom is -0.453 e. The van der Waals surface area contributed by atoms with E-state index in [1.54, 1.807) is 18.0 Å². The molecule has 8 nitrogen and oxygen atoms in total. The zero-order valence-corrected chi connectivity index (χ0v) is 27.5. The molecule has 4 atom stereocenters. The number of ether oxygens (including phenoxy) is 2. The van der Waals surface area contributed by atoms with Crippen molar-refractivity contribution in [3.8, 4) is 0 Å². The average molecular weight is 659 g/mol. The maximum atomic E-state index is 14.1. The van der Waals surface area contributed by atoms with Gasteiger partial charge in [0.15, 0.2) is 0 Å². The Balaban J connectivity index is 1.28. The van der Waals surface area contributed by atoms with Gasteiger partial charge < -0.3 is 25.4 Å². The van der Waals surface area contributed by atoms with Crippen molar-refractivity contribution in [3.63, 3.8) is 0 Å². The lowest BCUT2D eigenvalue weighted by atomic mass is 9.84. The first-order valence-electron chi connectivity index (χ1n) is 15.4. The fraction of sp³-hybridized carbons (Fsp3) is 0.306. The summed E-state index contributed by atoms with van der Waals surface area (Å²) in [6.45, 7) is 2.88. The van der Waals surface area contributed by atoms with Gasteiger partial charge in [0.1, 0.15) is 6.04 Å². The first-order chi connectivity index (χ1) is 22.4. The van der Waals surface area contributed by atoms with Crippen LogP contribution < -0.4 is 16.0 Å². The molecule has 3 N–H and O–H groups in total. The predicted molar refractivity (Wildman–Crippen MR) is 184 cm³/mol. The minimum atomic E-state index is -0.939. The Hall–Kier alpha value is -3.89. The number of halogens is 1. The standard InChI is InChI=1S/C36H39ClN4O4S/c1-24-31(23-46-32-20-18-28(37)21-39-32)45-29(22-38-24)19-17-25-11-9-10-16-30(25)40-35(42)34(41-36(43)44-2)33(26-12-5-3-6-13-26)27-14-7-4-8-15-27/h3-16,18,20-21,24,29,31,33-34,38H,17,19,22-23H2,1-2H3,(H,40,42)(H,41,43)/t24-,29-,31-,34?/m1/s1. The van der Waals surface area contributed by atoms with Gasteiger partial charge in [0.2, 0.25) is 5.91 Å². The van der Waals surface area contributed by atoms with Gasteiger partial charge in [-0.3, -0.25) is 4.79 Å². The summed E-state index contributed by atoms with van der Waals surface area (Å²) in [5, 5.41) is 11.0. The van der Waals surface area contributed by atoms with Crippen LogP contribution in [0.5, 0.6) is 0 Å². The van der Waals surface area contributed by atoms with Crippen molar-refractivity contribution in [1.82, 2.24) is 15.6 Å². The highest BCUT2D eigenvalue weighted by Crippen LogP contribution is 2.30. The Morgan fingerprint density at radius 3 is 2.33 bits per heavy atom. The quantitative estimate of drug-likeness (QED) is 0.146. The van der Waals surface area contributed by atoms with Crippen LogP contribution in [0.3, 0.4) is 0 Å². The van der Waals surface area contributed by atoms with E-state index in [9.17, 15) is 9.59 Å². The lowest BCUT2D eigenvalue weighted by Crippen LogP contribution is -2.52. The molecule has 1 saturated heterocycles. The molecule has 46 heavy (non-hydrogen) atoms. The van der Waals surface area contributed by atoms with Gasteiger partial charge in [-0.25, -0.2) is 9.78 Å². The first kappa shape index (κ1) is 33.5. The number of benzene rings is 3. The topological polar surface area (TPSA) is 102 Å². The van der Waals surface area contributed by atoms with Crippen LogP contribution in [0.15, 0.2) is 108 Å². The number of morpholine rings is 1. The zero-order chi connectivity index (χ0) is 32.3. The molecule has 240 valence electrons. The third-order valence-corrected chi connectivity index (χ3v) is 9.35. The second kappa shape index (κ2) is 16.6. The number of anilines is 1. The molecule has 0 spiro atoms. The van der Waals surface area contributed by atoms with Crippen LogP contribution in [0.1, 0.15) is 36.0 Å². The number of carbonyl (C=O) groups is 2. The van der Waals surface area contributed by atoms with E-state index in [-0.39, 0.29) is 24.2 Å². The summed E-state index contributed by atoms with van der Waals surface area (Å²) in [7, 11) is 1.29. The highest BCUT2D eigenvalue weighted by Gasteiger charge is 2.33. The maximum absolute atomic E-state index is 14.1.